The van der Waals surface area contributed by atoms with Crippen molar-refractivity contribution in [3.63, 3.8) is 0 Å². The van der Waals surface area contributed by atoms with Crippen LogP contribution in [0.15, 0.2) is 66.7 Å². The molecule has 1 aliphatic heterocycles. The highest BCUT2D eigenvalue weighted by molar-refractivity contribution is 7.80. The first kappa shape index (κ1) is 22.9. The number of nitrogens with one attached hydrogen (secondary N) is 2. The molecule has 2 N–H and O–H groups in total. The molecule has 0 unspecified atom stereocenters. The Morgan fingerprint density at radius 1 is 1.06 bits per heavy atom. The van der Waals surface area contributed by atoms with E-state index in [-0.39, 0.29) is 16.4 Å². The van der Waals surface area contributed by atoms with E-state index in [0.717, 1.165) is 46.7 Å². The highest BCUT2D eigenvalue weighted by Gasteiger charge is 2.24. The Morgan fingerprint density at radius 2 is 1.80 bits per heavy atom. The number of amides is 1. The number of thiazole rings is 1. The Hall–Kier alpha value is -3.89. The lowest BCUT2D eigenvalue weighted by atomic mass is 10.1. The van der Waals surface area contributed by atoms with E-state index in [0.29, 0.717) is 11.4 Å². The van der Waals surface area contributed by atoms with Crippen LogP contribution in [0, 0.1) is 10.1 Å². The van der Waals surface area contributed by atoms with Gasteiger partial charge in [0.15, 0.2) is 5.11 Å². The number of rotatable bonds is 5. The number of anilines is 2. The van der Waals surface area contributed by atoms with E-state index in [9.17, 15) is 14.9 Å². The van der Waals surface area contributed by atoms with Gasteiger partial charge in [0.05, 0.1) is 15.1 Å². The summed E-state index contributed by atoms with van der Waals surface area (Å²) in [7, 11) is 0. The Labute approximate surface area is 210 Å². The van der Waals surface area contributed by atoms with Gasteiger partial charge in [0.25, 0.3) is 11.6 Å². The van der Waals surface area contributed by atoms with Crippen LogP contribution in [0.5, 0.6) is 0 Å². The van der Waals surface area contributed by atoms with Gasteiger partial charge in [0, 0.05) is 36.0 Å². The van der Waals surface area contributed by atoms with E-state index in [1.165, 1.54) is 6.07 Å². The van der Waals surface area contributed by atoms with Gasteiger partial charge >= 0.3 is 0 Å². The van der Waals surface area contributed by atoms with Gasteiger partial charge in [-0.05, 0) is 73.6 Å². The molecule has 1 aromatic heterocycles. The van der Waals surface area contributed by atoms with Crippen molar-refractivity contribution in [1.29, 1.82) is 0 Å². The van der Waals surface area contributed by atoms with Crippen molar-refractivity contribution in [2.75, 3.05) is 23.3 Å². The smallest absolute Gasteiger partial charge is 0.293 e. The molecule has 0 saturated carbocycles. The average molecular weight is 504 g/mol. The molecular weight excluding hydrogens is 482 g/mol. The molecule has 8 nitrogen and oxygen atoms in total. The Balaban J connectivity index is 1.24. The van der Waals surface area contributed by atoms with E-state index < -0.39 is 10.8 Å². The third kappa shape index (κ3) is 4.98. The van der Waals surface area contributed by atoms with Crippen molar-refractivity contribution in [2.24, 2.45) is 0 Å². The number of nitro groups is 1. The first-order valence-electron chi connectivity index (χ1n) is 11.1. The van der Waals surface area contributed by atoms with Crippen LogP contribution in [-0.4, -0.2) is 34.0 Å². The van der Waals surface area contributed by atoms with E-state index in [2.05, 4.69) is 15.6 Å². The molecular formula is C25H21N5O3S2. The lowest BCUT2D eigenvalue weighted by Crippen LogP contribution is -2.34. The van der Waals surface area contributed by atoms with Crippen molar-refractivity contribution in [2.45, 2.75) is 12.8 Å². The highest BCUT2D eigenvalue weighted by atomic mass is 32.1. The van der Waals surface area contributed by atoms with Crippen molar-refractivity contribution in [1.82, 2.24) is 10.3 Å². The molecule has 4 aromatic rings. The van der Waals surface area contributed by atoms with Crippen molar-refractivity contribution in [3.8, 4) is 10.6 Å². The number of benzene rings is 3. The maximum Gasteiger partial charge on any atom is 0.293 e. The summed E-state index contributed by atoms with van der Waals surface area (Å²) in [5.74, 6) is -0.510. The largest absolute Gasteiger partial charge is 0.366 e. The predicted molar refractivity (Wildman–Crippen MR) is 143 cm³/mol. The molecule has 176 valence electrons. The minimum absolute atomic E-state index is 0.0798. The number of hydrogen-bond acceptors (Lipinski definition) is 7. The molecule has 0 aliphatic carbocycles. The minimum atomic E-state index is -0.510. The second-order valence-electron chi connectivity index (χ2n) is 8.13. The van der Waals surface area contributed by atoms with Gasteiger partial charge in [-0.3, -0.25) is 20.2 Å². The van der Waals surface area contributed by atoms with Crippen molar-refractivity contribution in [3.05, 3.63) is 82.4 Å². The number of aromatic nitrogens is 1. The van der Waals surface area contributed by atoms with Gasteiger partial charge in [-0.25, -0.2) is 4.98 Å². The zero-order valence-corrected chi connectivity index (χ0v) is 20.2. The molecule has 0 bridgehead atoms. The van der Waals surface area contributed by atoms with E-state index in [1.54, 1.807) is 23.5 Å². The fraction of sp³-hybridized carbons (Fsp3) is 0.160. The lowest BCUT2D eigenvalue weighted by molar-refractivity contribution is -0.384. The molecule has 2 heterocycles. The minimum Gasteiger partial charge on any atom is -0.366 e. The second kappa shape index (κ2) is 9.77. The fourth-order valence-corrected chi connectivity index (χ4v) is 5.25. The Morgan fingerprint density at radius 3 is 2.51 bits per heavy atom. The van der Waals surface area contributed by atoms with Crippen LogP contribution in [0.2, 0.25) is 0 Å². The summed E-state index contributed by atoms with van der Waals surface area (Å²) in [4.78, 5) is 30.5. The quantitative estimate of drug-likeness (QED) is 0.208. The number of nitro benzene ring substituents is 1. The lowest BCUT2D eigenvalue weighted by Gasteiger charge is -2.18. The predicted octanol–water partition coefficient (Wildman–Crippen LogP) is 5.60. The van der Waals surface area contributed by atoms with Crippen molar-refractivity contribution < 1.29 is 9.72 Å². The number of nitrogens with zero attached hydrogens (tertiary/aromatic N) is 3. The highest BCUT2D eigenvalue weighted by Crippen LogP contribution is 2.32. The summed E-state index contributed by atoms with van der Waals surface area (Å²) in [5, 5.41) is 18.2. The molecule has 0 radical (unpaired) electrons. The molecule has 1 amide bonds. The van der Waals surface area contributed by atoms with Gasteiger partial charge in [-0.15, -0.1) is 11.3 Å². The van der Waals surface area contributed by atoms with Gasteiger partial charge in [0.2, 0.25) is 0 Å². The first-order valence-corrected chi connectivity index (χ1v) is 12.3. The maximum atomic E-state index is 12.7. The molecule has 1 aliphatic rings. The average Bonchev–Trinajstić information content (AvgIpc) is 3.54. The van der Waals surface area contributed by atoms with Crippen LogP contribution in [0.25, 0.3) is 20.8 Å². The van der Waals surface area contributed by atoms with E-state index >= 15 is 0 Å². The van der Waals surface area contributed by atoms with Crippen LogP contribution < -0.4 is 15.5 Å². The number of thiocarbonyl (C=S) groups is 1. The van der Waals surface area contributed by atoms with Crippen LogP contribution in [0.4, 0.5) is 17.1 Å². The van der Waals surface area contributed by atoms with Crippen LogP contribution in [0.1, 0.15) is 23.2 Å². The summed E-state index contributed by atoms with van der Waals surface area (Å²) in [5.41, 5.74) is 3.29. The summed E-state index contributed by atoms with van der Waals surface area (Å²) in [6, 6.07) is 20.1. The SMILES string of the molecule is O=C(NC(=S)Nc1ccc(-c2nc3ccccc3s2)cc1)c1ccc(N2CCCC2)c([N+](=O)[O-])c1. The summed E-state index contributed by atoms with van der Waals surface area (Å²) in [6.07, 6.45) is 2.00. The van der Waals surface area contributed by atoms with Crippen LogP contribution in [0.3, 0.4) is 0 Å². The third-order valence-corrected chi connectivity index (χ3v) is 7.08. The Kier molecular flexibility index (Phi) is 6.39. The topological polar surface area (TPSA) is 100 Å². The Bertz CT molecular complexity index is 1400. The molecule has 3 aromatic carbocycles. The van der Waals surface area contributed by atoms with E-state index in [1.807, 2.05) is 53.4 Å². The standard InChI is InChI=1S/C25H21N5O3S2/c31-23(17-9-12-20(21(15-17)30(32)33)29-13-3-4-14-29)28-25(34)26-18-10-7-16(8-11-18)24-27-19-5-1-2-6-22(19)35-24/h1-2,5-12,15H,3-4,13-14H2,(H2,26,28,31,34). The zero-order chi connectivity index (χ0) is 24.4. The first-order chi connectivity index (χ1) is 17.0. The monoisotopic (exact) mass is 503 g/mol. The van der Waals surface area contributed by atoms with Gasteiger partial charge in [0.1, 0.15) is 10.7 Å². The number of carbonyl (C=O) groups is 1. The maximum absolute atomic E-state index is 12.7. The van der Waals surface area contributed by atoms with Crippen molar-refractivity contribution >= 4 is 61.9 Å². The van der Waals surface area contributed by atoms with Crippen LogP contribution in [-0.2, 0) is 0 Å². The van der Waals surface area contributed by atoms with Crippen LogP contribution >= 0.6 is 23.6 Å². The molecule has 1 saturated heterocycles. The van der Waals surface area contributed by atoms with Gasteiger partial charge in [-0.1, -0.05) is 12.1 Å². The fourth-order valence-electron chi connectivity index (χ4n) is 4.07. The normalized spacial score (nSPS) is 13.1. The number of hydrogen-bond donors (Lipinski definition) is 2. The third-order valence-electron chi connectivity index (χ3n) is 5.79. The number of para-hydroxylation sites is 1. The molecule has 0 atom stereocenters. The molecule has 1 fully saturated rings. The summed E-state index contributed by atoms with van der Waals surface area (Å²) < 4.78 is 1.13. The van der Waals surface area contributed by atoms with Gasteiger partial charge < -0.3 is 10.2 Å². The molecule has 5 rings (SSSR count). The van der Waals surface area contributed by atoms with E-state index in [4.69, 9.17) is 12.2 Å². The summed E-state index contributed by atoms with van der Waals surface area (Å²) >= 11 is 6.91. The van der Waals surface area contributed by atoms with Gasteiger partial charge in [-0.2, -0.15) is 0 Å². The number of carbonyl (C=O) groups excluding carboxylic acids is 1. The molecule has 35 heavy (non-hydrogen) atoms. The second-order valence-corrected chi connectivity index (χ2v) is 9.57. The summed E-state index contributed by atoms with van der Waals surface area (Å²) in [6.45, 7) is 1.55. The molecule has 0 spiro atoms. The zero-order valence-electron chi connectivity index (χ0n) is 18.6. The number of fused-ring (bicyclic) bond motifs is 1. The molecule has 10 heteroatoms.